The molecule has 4 rings (SSSR count). The molecular formula is C19H26Cl2N4O. The van der Waals surface area contributed by atoms with Crippen molar-refractivity contribution in [3.8, 4) is 5.69 Å². The topological polar surface area (TPSA) is 72.9 Å². The quantitative estimate of drug-likeness (QED) is 0.834. The van der Waals surface area contributed by atoms with E-state index < -0.39 is 0 Å². The smallest absolute Gasteiger partial charge is 0.251 e. The van der Waals surface area contributed by atoms with Gasteiger partial charge in [-0.1, -0.05) is 6.42 Å². The maximum atomic E-state index is 12.7. The standard InChI is InChI=1S/C19H24N4O.2ClH/c20-16-10-14-2-1-3-15(11-16)18(14)22-19(24)13-4-6-17(7-5-13)23-9-8-21-12-23;;/h4-9,12,14-16,18H,1-3,10-11,20H2,(H,22,24);2*1H. The number of nitrogens with one attached hydrogen (secondary N) is 1. The second-order valence-corrected chi connectivity index (χ2v) is 7.20. The monoisotopic (exact) mass is 396 g/mol. The van der Waals surface area contributed by atoms with Crippen molar-refractivity contribution >= 4 is 30.7 Å². The number of nitrogens with zero attached hydrogens (tertiary/aromatic N) is 2. The zero-order valence-electron chi connectivity index (χ0n) is 14.6. The SMILES string of the molecule is Cl.Cl.NC1CC2CCCC(C1)C2NC(=O)c1ccc(-n2ccnc2)cc1. The number of nitrogens with two attached hydrogens (primary N) is 1. The predicted molar refractivity (Wildman–Crippen MR) is 107 cm³/mol. The Morgan fingerprint density at radius 2 is 1.77 bits per heavy atom. The minimum atomic E-state index is 0. The van der Waals surface area contributed by atoms with Crippen molar-refractivity contribution in [1.29, 1.82) is 0 Å². The van der Waals surface area contributed by atoms with Crippen molar-refractivity contribution in [3.05, 3.63) is 48.5 Å². The summed E-state index contributed by atoms with van der Waals surface area (Å²) >= 11 is 0. The number of imidazole rings is 1. The first kappa shape index (κ1) is 20.7. The van der Waals surface area contributed by atoms with Crippen LogP contribution in [0.3, 0.4) is 0 Å². The molecule has 2 atom stereocenters. The summed E-state index contributed by atoms with van der Waals surface area (Å²) in [5, 5.41) is 3.30. The van der Waals surface area contributed by atoms with E-state index in [-0.39, 0.29) is 30.7 Å². The first-order valence-corrected chi connectivity index (χ1v) is 8.85. The second kappa shape index (κ2) is 8.89. The molecule has 2 fully saturated rings. The highest BCUT2D eigenvalue weighted by Crippen LogP contribution is 2.39. The van der Waals surface area contributed by atoms with Gasteiger partial charge in [-0.05, 0) is 61.8 Å². The summed E-state index contributed by atoms with van der Waals surface area (Å²) in [6.45, 7) is 0. The molecule has 2 bridgehead atoms. The average molecular weight is 397 g/mol. The van der Waals surface area contributed by atoms with E-state index in [1.54, 1.807) is 12.5 Å². The lowest BCUT2D eigenvalue weighted by atomic mass is 9.67. The van der Waals surface area contributed by atoms with E-state index in [2.05, 4.69) is 10.3 Å². The van der Waals surface area contributed by atoms with Gasteiger partial charge in [-0.2, -0.15) is 0 Å². The van der Waals surface area contributed by atoms with Crippen LogP contribution in [0.2, 0.25) is 0 Å². The van der Waals surface area contributed by atoms with Gasteiger partial charge in [-0.15, -0.1) is 24.8 Å². The fraction of sp³-hybridized carbons (Fsp3) is 0.474. The van der Waals surface area contributed by atoms with Gasteiger partial charge in [0.05, 0.1) is 6.33 Å². The number of carbonyl (C=O) groups excluding carboxylic acids is 1. The Balaban J connectivity index is 0.00000121. The number of rotatable bonds is 3. The second-order valence-electron chi connectivity index (χ2n) is 7.20. The fourth-order valence-electron chi connectivity index (χ4n) is 4.46. The van der Waals surface area contributed by atoms with Crippen LogP contribution < -0.4 is 11.1 Å². The minimum absolute atomic E-state index is 0. The van der Waals surface area contributed by atoms with Crippen LogP contribution >= 0.6 is 24.8 Å². The molecule has 5 nitrogen and oxygen atoms in total. The Morgan fingerprint density at radius 1 is 1.12 bits per heavy atom. The van der Waals surface area contributed by atoms with E-state index >= 15 is 0 Å². The highest BCUT2D eigenvalue weighted by atomic mass is 35.5. The Bertz CT molecular complexity index is 691. The summed E-state index contributed by atoms with van der Waals surface area (Å²) in [6, 6.07) is 8.27. The normalized spacial score (nSPS) is 27.0. The molecule has 3 N–H and O–H groups in total. The number of fused-ring (bicyclic) bond motifs is 2. The molecule has 2 aliphatic carbocycles. The maximum absolute atomic E-state index is 12.7. The van der Waals surface area contributed by atoms with E-state index in [4.69, 9.17) is 5.73 Å². The molecule has 2 aliphatic rings. The van der Waals surface area contributed by atoms with Gasteiger partial charge in [0.2, 0.25) is 0 Å². The zero-order valence-corrected chi connectivity index (χ0v) is 16.2. The third-order valence-electron chi connectivity index (χ3n) is 5.61. The number of hydrogen-bond acceptors (Lipinski definition) is 3. The lowest BCUT2D eigenvalue weighted by Crippen LogP contribution is -2.53. The van der Waals surface area contributed by atoms with Gasteiger partial charge in [-0.3, -0.25) is 4.79 Å². The first-order valence-electron chi connectivity index (χ1n) is 8.85. The molecule has 1 aromatic heterocycles. The molecule has 0 spiro atoms. The summed E-state index contributed by atoms with van der Waals surface area (Å²) in [7, 11) is 0. The molecule has 2 aromatic rings. The molecule has 26 heavy (non-hydrogen) atoms. The molecule has 1 aromatic carbocycles. The molecule has 2 saturated carbocycles. The van der Waals surface area contributed by atoms with E-state index in [1.807, 2.05) is 35.0 Å². The van der Waals surface area contributed by atoms with Crippen LogP contribution in [0.15, 0.2) is 43.0 Å². The zero-order chi connectivity index (χ0) is 16.5. The third-order valence-corrected chi connectivity index (χ3v) is 5.61. The van der Waals surface area contributed by atoms with Crippen molar-refractivity contribution < 1.29 is 4.79 Å². The highest BCUT2D eigenvalue weighted by Gasteiger charge is 2.39. The van der Waals surface area contributed by atoms with Gasteiger partial charge in [0.25, 0.3) is 5.91 Å². The molecule has 0 saturated heterocycles. The van der Waals surface area contributed by atoms with Crippen LogP contribution in [0.4, 0.5) is 0 Å². The lowest BCUT2D eigenvalue weighted by molar-refractivity contribution is 0.0756. The van der Waals surface area contributed by atoms with Crippen LogP contribution in [-0.2, 0) is 0 Å². The van der Waals surface area contributed by atoms with Crippen LogP contribution in [0.25, 0.3) is 5.69 Å². The number of hydrogen-bond donors (Lipinski definition) is 2. The van der Waals surface area contributed by atoms with E-state index in [0.29, 0.717) is 29.5 Å². The van der Waals surface area contributed by atoms with Gasteiger partial charge in [0, 0.05) is 35.7 Å². The van der Waals surface area contributed by atoms with Crippen molar-refractivity contribution in [2.45, 2.75) is 44.2 Å². The summed E-state index contributed by atoms with van der Waals surface area (Å²) in [5.74, 6) is 1.12. The Hall–Kier alpha value is -1.56. The first-order chi connectivity index (χ1) is 11.7. The van der Waals surface area contributed by atoms with Crippen LogP contribution in [0.5, 0.6) is 0 Å². The Labute approximate surface area is 166 Å². The summed E-state index contributed by atoms with van der Waals surface area (Å²) in [4.78, 5) is 16.7. The largest absolute Gasteiger partial charge is 0.349 e. The van der Waals surface area contributed by atoms with Crippen molar-refractivity contribution in [2.24, 2.45) is 17.6 Å². The maximum Gasteiger partial charge on any atom is 0.251 e. The van der Waals surface area contributed by atoms with Gasteiger partial charge >= 0.3 is 0 Å². The lowest BCUT2D eigenvalue weighted by Gasteiger charge is -2.45. The van der Waals surface area contributed by atoms with Crippen LogP contribution in [-0.4, -0.2) is 27.5 Å². The molecule has 7 heteroatoms. The Kier molecular flexibility index (Phi) is 7.09. The van der Waals surface area contributed by atoms with Crippen molar-refractivity contribution in [1.82, 2.24) is 14.9 Å². The highest BCUT2D eigenvalue weighted by molar-refractivity contribution is 5.94. The van der Waals surface area contributed by atoms with Gasteiger partial charge in [0.1, 0.15) is 0 Å². The van der Waals surface area contributed by atoms with E-state index in [0.717, 1.165) is 18.5 Å². The number of aromatic nitrogens is 2. The number of halogens is 2. The van der Waals surface area contributed by atoms with Crippen molar-refractivity contribution in [2.75, 3.05) is 0 Å². The van der Waals surface area contributed by atoms with Gasteiger partial charge in [0.15, 0.2) is 0 Å². The van der Waals surface area contributed by atoms with Crippen LogP contribution in [0, 0.1) is 11.8 Å². The fourth-order valence-corrected chi connectivity index (χ4v) is 4.46. The van der Waals surface area contributed by atoms with Crippen molar-refractivity contribution in [3.63, 3.8) is 0 Å². The molecule has 0 aliphatic heterocycles. The number of amides is 1. The van der Waals surface area contributed by atoms with Gasteiger partial charge in [-0.25, -0.2) is 4.98 Å². The molecule has 1 heterocycles. The molecule has 1 amide bonds. The number of carbonyl (C=O) groups is 1. The molecule has 2 unspecified atom stereocenters. The average Bonchev–Trinajstić information content (AvgIpc) is 3.10. The van der Waals surface area contributed by atoms with E-state index in [9.17, 15) is 4.79 Å². The Morgan fingerprint density at radius 3 is 2.35 bits per heavy atom. The van der Waals surface area contributed by atoms with Gasteiger partial charge < -0.3 is 15.6 Å². The third kappa shape index (κ3) is 4.22. The summed E-state index contributed by atoms with van der Waals surface area (Å²) in [6.07, 6.45) is 11.1. The summed E-state index contributed by atoms with van der Waals surface area (Å²) < 4.78 is 1.93. The minimum Gasteiger partial charge on any atom is -0.349 e. The molecule has 0 radical (unpaired) electrons. The van der Waals surface area contributed by atoms with E-state index in [1.165, 1.54) is 19.3 Å². The van der Waals surface area contributed by atoms with Crippen LogP contribution in [0.1, 0.15) is 42.5 Å². The number of benzene rings is 1. The molecular weight excluding hydrogens is 371 g/mol. The summed E-state index contributed by atoms with van der Waals surface area (Å²) in [5.41, 5.74) is 7.89. The predicted octanol–water partition coefficient (Wildman–Crippen LogP) is 3.35. The molecule has 142 valence electrons.